The van der Waals surface area contributed by atoms with Gasteiger partial charge < -0.3 is 11.1 Å². The van der Waals surface area contributed by atoms with Crippen molar-refractivity contribution in [2.75, 3.05) is 0 Å². The minimum absolute atomic E-state index is 0.0288. The van der Waals surface area contributed by atoms with Gasteiger partial charge in [-0.15, -0.1) is 0 Å². The van der Waals surface area contributed by atoms with Crippen molar-refractivity contribution < 1.29 is 4.79 Å². The maximum absolute atomic E-state index is 12.1. The Kier molecular flexibility index (Phi) is 5.44. The second kappa shape index (κ2) is 6.39. The molecular weight excluding hydrogens is 212 g/mol. The van der Waals surface area contributed by atoms with E-state index in [1.54, 1.807) is 0 Å². The minimum Gasteiger partial charge on any atom is -0.352 e. The first kappa shape index (κ1) is 14.5. The summed E-state index contributed by atoms with van der Waals surface area (Å²) in [7, 11) is 0. The third-order valence-corrected chi connectivity index (χ3v) is 3.98. The zero-order chi connectivity index (χ0) is 12.9. The van der Waals surface area contributed by atoms with Crippen molar-refractivity contribution in [3.05, 3.63) is 0 Å². The average Bonchev–Trinajstić information content (AvgIpc) is 2.29. The van der Waals surface area contributed by atoms with Crippen LogP contribution in [0, 0.1) is 5.92 Å². The van der Waals surface area contributed by atoms with Gasteiger partial charge in [-0.25, -0.2) is 0 Å². The van der Waals surface area contributed by atoms with E-state index in [1.807, 2.05) is 6.92 Å². The first-order valence-corrected chi connectivity index (χ1v) is 7.09. The molecule has 1 amide bonds. The van der Waals surface area contributed by atoms with Crippen LogP contribution < -0.4 is 11.1 Å². The van der Waals surface area contributed by atoms with Crippen molar-refractivity contribution in [1.82, 2.24) is 5.32 Å². The van der Waals surface area contributed by atoms with Crippen LogP contribution in [0.15, 0.2) is 0 Å². The monoisotopic (exact) mass is 240 g/mol. The van der Waals surface area contributed by atoms with Crippen molar-refractivity contribution in [1.29, 1.82) is 0 Å². The molecule has 1 rings (SSSR count). The van der Waals surface area contributed by atoms with Crippen LogP contribution in [-0.4, -0.2) is 17.5 Å². The molecule has 0 saturated heterocycles. The van der Waals surface area contributed by atoms with Crippen LogP contribution in [0.2, 0.25) is 0 Å². The van der Waals surface area contributed by atoms with Crippen molar-refractivity contribution in [3.8, 4) is 0 Å². The topological polar surface area (TPSA) is 55.1 Å². The first-order chi connectivity index (χ1) is 7.99. The summed E-state index contributed by atoms with van der Waals surface area (Å²) in [6, 6.07) is 0.348. The van der Waals surface area contributed by atoms with E-state index in [-0.39, 0.29) is 5.91 Å². The molecule has 0 spiro atoms. The van der Waals surface area contributed by atoms with Gasteiger partial charge in [0.2, 0.25) is 5.91 Å². The van der Waals surface area contributed by atoms with Crippen LogP contribution in [0.5, 0.6) is 0 Å². The molecule has 17 heavy (non-hydrogen) atoms. The maximum atomic E-state index is 12.1. The van der Waals surface area contributed by atoms with Crippen molar-refractivity contribution in [2.45, 2.75) is 77.3 Å². The highest BCUT2D eigenvalue weighted by Crippen LogP contribution is 2.26. The van der Waals surface area contributed by atoms with Gasteiger partial charge in [-0.2, -0.15) is 0 Å². The minimum atomic E-state index is -0.700. The highest BCUT2D eigenvalue weighted by Gasteiger charge is 2.30. The van der Waals surface area contributed by atoms with Crippen LogP contribution in [0.25, 0.3) is 0 Å². The van der Waals surface area contributed by atoms with Crippen LogP contribution in [-0.2, 0) is 4.79 Å². The lowest BCUT2D eigenvalue weighted by Crippen LogP contribution is -2.54. The lowest BCUT2D eigenvalue weighted by atomic mass is 9.83. The Morgan fingerprint density at radius 2 is 2.12 bits per heavy atom. The second-order valence-corrected chi connectivity index (χ2v) is 5.78. The highest BCUT2D eigenvalue weighted by atomic mass is 16.2. The van der Waals surface area contributed by atoms with Gasteiger partial charge in [0.05, 0.1) is 5.54 Å². The van der Waals surface area contributed by atoms with Gasteiger partial charge in [0, 0.05) is 6.04 Å². The summed E-state index contributed by atoms with van der Waals surface area (Å²) in [5.41, 5.74) is 5.34. The molecule has 1 aliphatic rings. The number of rotatable bonds is 5. The van der Waals surface area contributed by atoms with Gasteiger partial charge in [0.25, 0.3) is 0 Å². The van der Waals surface area contributed by atoms with E-state index in [4.69, 9.17) is 5.73 Å². The molecule has 0 aromatic rings. The molecule has 0 heterocycles. The number of nitrogens with one attached hydrogen (secondary N) is 1. The normalized spacial score (nSPS) is 28.5. The molecule has 0 aliphatic heterocycles. The third-order valence-electron chi connectivity index (χ3n) is 3.98. The van der Waals surface area contributed by atoms with Gasteiger partial charge >= 0.3 is 0 Å². The summed E-state index contributed by atoms with van der Waals surface area (Å²) >= 11 is 0. The summed E-state index contributed by atoms with van der Waals surface area (Å²) in [6.07, 6.45) is 7.72. The predicted octanol–water partition coefficient (Wildman–Crippen LogP) is 2.59. The fourth-order valence-corrected chi connectivity index (χ4v) is 2.78. The van der Waals surface area contributed by atoms with Crippen LogP contribution in [0.3, 0.4) is 0 Å². The largest absolute Gasteiger partial charge is 0.352 e. The molecule has 0 aromatic carbocycles. The smallest absolute Gasteiger partial charge is 0.240 e. The third kappa shape index (κ3) is 4.30. The van der Waals surface area contributed by atoms with E-state index in [0.29, 0.717) is 6.04 Å². The fraction of sp³-hybridized carbons (Fsp3) is 0.929. The van der Waals surface area contributed by atoms with Crippen molar-refractivity contribution >= 4 is 5.91 Å². The van der Waals surface area contributed by atoms with Crippen molar-refractivity contribution in [2.24, 2.45) is 11.7 Å². The number of nitrogens with two attached hydrogens (primary N) is 1. The summed E-state index contributed by atoms with van der Waals surface area (Å²) in [4.78, 5) is 12.1. The lowest BCUT2D eigenvalue weighted by Gasteiger charge is -2.32. The SMILES string of the molecule is CCCC(C)(N)C(=O)NC1CCCC(CC)C1. The second-order valence-electron chi connectivity index (χ2n) is 5.78. The molecule has 3 unspecified atom stereocenters. The fourth-order valence-electron chi connectivity index (χ4n) is 2.78. The predicted molar refractivity (Wildman–Crippen MR) is 71.7 cm³/mol. The van der Waals surface area contributed by atoms with Gasteiger partial charge in [0.1, 0.15) is 0 Å². The summed E-state index contributed by atoms with van der Waals surface area (Å²) in [6.45, 7) is 6.14. The molecular formula is C14H28N2O. The Morgan fingerprint density at radius 1 is 1.41 bits per heavy atom. The highest BCUT2D eigenvalue weighted by molar-refractivity contribution is 5.85. The molecule has 1 saturated carbocycles. The molecule has 100 valence electrons. The van der Waals surface area contributed by atoms with E-state index in [2.05, 4.69) is 19.2 Å². The average molecular weight is 240 g/mol. The Hall–Kier alpha value is -0.570. The molecule has 1 aliphatic carbocycles. The number of carbonyl (C=O) groups is 1. The van der Waals surface area contributed by atoms with Crippen LogP contribution >= 0.6 is 0 Å². The molecule has 1 fully saturated rings. The zero-order valence-corrected chi connectivity index (χ0v) is 11.6. The Labute approximate surface area is 106 Å². The maximum Gasteiger partial charge on any atom is 0.240 e. The molecule has 0 radical (unpaired) electrons. The van der Waals surface area contributed by atoms with E-state index >= 15 is 0 Å². The summed E-state index contributed by atoms with van der Waals surface area (Å²) in [5.74, 6) is 0.811. The summed E-state index contributed by atoms with van der Waals surface area (Å²) < 4.78 is 0. The van der Waals surface area contributed by atoms with Gasteiger partial charge in [-0.3, -0.25) is 4.79 Å². The van der Waals surface area contributed by atoms with E-state index in [1.165, 1.54) is 19.3 Å². The Balaban J connectivity index is 2.45. The Bertz CT molecular complexity index is 251. The van der Waals surface area contributed by atoms with E-state index in [0.717, 1.165) is 31.6 Å². The Morgan fingerprint density at radius 3 is 2.71 bits per heavy atom. The molecule has 3 N–H and O–H groups in total. The number of amides is 1. The van der Waals surface area contributed by atoms with Gasteiger partial charge in [-0.1, -0.05) is 39.5 Å². The summed E-state index contributed by atoms with van der Waals surface area (Å²) in [5, 5.41) is 3.14. The van der Waals surface area contributed by atoms with Crippen molar-refractivity contribution in [3.63, 3.8) is 0 Å². The lowest BCUT2D eigenvalue weighted by molar-refractivity contribution is -0.127. The van der Waals surface area contributed by atoms with E-state index in [9.17, 15) is 4.79 Å². The quantitative estimate of drug-likeness (QED) is 0.776. The number of carbonyl (C=O) groups excluding carboxylic acids is 1. The number of hydrogen-bond donors (Lipinski definition) is 2. The standard InChI is InChI=1S/C14H28N2O/c1-4-9-14(3,15)13(17)16-12-8-6-7-11(5-2)10-12/h11-12H,4-10,15H2,1-3H3,(H,16,17). The van der Waals surface area contributed by atoms with Crippen LogP contribution in [0.4, 0.5) is 0 Å². The molecule has 0 aromatic heterocycles. The molecule has 3 nitrogen and oxygen atoms in total. The first-order valence-electron chi connectivity index (χ1n) is 7.09. The van der Waals surface area contributed by atoms with Crippen LogP contribution in [0.1, 0.15) is 65.7 Å². The zero-order valence-electron chi connectivity index (χ0n) is 11.6. The molecule has 0 bridgehead atoms. The molecule has 3 atom stereocenters. The molecule has 3 heteroatoms. The number of hydrogen-bond acceptors (Lipinski definition) is 2. The van der Waals surface area contributed by atoms with Gasteiger partial charge in [0.15, 0.2) is 0 Å². The van der Waals surface area contributed by atoms with E-state index < -0.39 is 5.54 Å². The van der Waals surface area contributed by atoms with Gasteiger partial charge in [-0.05, 0) is 32.1 Å².